The molecule has 0 aliphatic heterocycles. The molecule has 3 saturated carbocycles. The number of anilines is 1. The standard InChI is InChI=1S/C34H30N6O4S/c1-19-6-12-24(13-7-19)45(43,44)40-17-27(26-16-35-18-36-33(26)40)32-37-28-15-23-5-3-2-4-22(23)14-25(28)31(39-32)38-30-21-10-8-20(9-11-21)29(30)34(41)42/h2-7,12-18,20-21,29-30H,8-11H2,1H3,(H,41,42)(H,37,38,39). The Hall–Kier alpha value is -4.90. The molecule has 0 amide bonds. The van der Waals surface area contributed by atoms with Gasteiger partial charge in [-0.05, 0) is 79.5 Å². The monoisotopic (exact) mass is 618 g/mol. The number of rotatable bonds is 6. The maximum absolute atomic E-state index is 13.9. The summed E-state index contributed by atoms with van der Waals surface area (Å²) in [6.07, 6.45) is 8.20. The van der Waals surface area contributed by atoms with Crippen LogP contribution in [-0.4, -0.2) is 49.4 Å². The summed E-state index contributed by atoms with van der Waals surface area (Å²) in [6, 6.07) is 18.4. The van der Waals surface area contributed by atoms with Crippen molar-refractivity contribution in [3.05, 3.63) is 84.9 Å². The maximum Gasteiger partial charge on any atom is 0.308 e. The fourth-order valence-electron chi connectivity index (χ4n) is 7.34. The first-order valence-electron chi connectivity index (χ1n) is 15.1. The van der Waals surface area contributed by atoms with E-state index in [4.69, 9.17) is 9.97 Å². The topological polar surface area (TPSA) is 140 Å². The summed E-state index contributed by atoms with van der Waals surface area (Å²) in [5, 5.41) is 17.1. The molecule has 0 spiro atoms. The second kappa shape index (κ2) is 10.3. The second-order valence-corrected chi connectivity index (χ2v) is 14.1. The molecule has 2 atom stereocenters. The number of carboxylic acid groups (broad SMARTS) is 1. The van der Waals surface area contributed by atoms with E-state index in [9.17, 15) is 18.3 Å². The summed E-state index contributed by atoms with van der Waals surface area (Å²) in [6.45, 7) is 1.90. The number of carbonyl (C=O) groups is 1. The van der Waals surface area contributed by atoms with Gasteiger partial charge in [-0.1, -0.05) is 42.0 Å². The number of hydrogen-bond donors (Lipinski definition) is 2. The van der Waals surface area contributed by atoms with Gasteiger partial charge in [-0.25, -0.2) is 32.3 Å². The Kier molecular flexibility index (Phi) is 6.35. The molecule has 3 aromatic heterocycles. The highest BCUT2D eigenvalue weighted by Crippen LogP contribution is 2.47. The van der Waals surface area contributed by atoms with E-state index in [-0.39, 0.29) is 28.4 Å². The van der Waals surface area contributed by atoms with Crippen LogP contribution in [0.2, 0.25) is 0 Å². The molecule has 10 nitrogen and oxygen atoms in total. The Morgan fingerprint density at radius 2 is 1.64 bits per heavy atom. The molecular formula is C34H30N6O4S. The van der Waals surface area contributed by atoms with E-state index in [0.29, 0.717) is 28.1 Å². The zero-order valence-corrected chi connectivity index (χ0v) is 25.3. The van der Waals surface area contributed by atoms with Crippen LogP contribution in [0.5, 0.6) is 0 Å². The predicted octanol–water partition coefficient (Wildman–Crippen LogP) is 6.04. The molecule has 6 aromatic rings. The molecular weight excluding hydrogens is 588 g/mol. The van der Waals surface area contributed by atoms with Crippen LogP contribution in [0.4, 0.5) is 5.82 Å². The van der Waals surface area contributed by atoms with Gasteiger partial charge in [0, 0.05) is 34.8 Å². The number of fused-ring (bicyclic) bond motifs is 6. The Labute approximate surface area is 259 Å². The van der Waals surface area contributed by atoms with Gasteiger partial charge in [-0.2, -0.15) is 0 Å². The van der Waals surface area contributed by atoms with Gasteiger partial charge in [0.1, 0.15) is 12.1 Å². The van der Waals surface area contributed by atoms with Gasteiger partial charge < -0.3 is 10.4 Å². The van der Waals surface area contributed by atoms with E-state index < -0.39 is 21.9 Å². The van der Waals surface area contributed by atoms with Crippen LogP contribution in [0.3, 0.4) is 0 Å². The fraction of sp³-hybridized carbons (Fsp3) is 0.265. The van der Waals surface area contributed by atoms with Crippen molar-refractivity contribution in [3.63, 3.8) is 0 Å². The highest BCUT2D eigenvalue weighted by atomic mass is 32.2. The van der Waals surface area contributed by atoms with Crippen molar-refractivity contribution in [1.29, 1.82) is 0 Å². The second-order valence-electron chi connectivity index (χ2n) is 12.2. The van der Waals surface area contributed by atoms with E-state index in [2.05, 4.69) is 15.3 Å². The lowest BCUT2D eigenvalue weighted by atomic mass is 9.61. The summed E-state index contributed by atoms with van der Waals surface area (Å²) < 4.78 is 28.9. The van der Waals surface area contributed by atoms with Gasteiger partial charge in [-0.15, -0.1) is 0 Å². The first-order chi connectivity index (χ1) is 21.8. The van der Waals surface area contributed by atoms with E-state index in [0.717, 1.165) is 51.4 Å². The van der Waals surface area contributed by atoms with Gasteiger partial charge in [0.2, 0.25) is 0 Å². The fourth-order valence-corrected chi connectivity index (χ4v) is 8.66. The van der Waals surface area contributed by atoms with Crippen LogP contribution in [-0.2, 0) is 14.8 Å². The highest BCUT2D eigenvalue weighted by molar-refractivity contribution is 7.90. The maximum atomic E-state index is 13.9. The number of aliphatic carboxylic acids is 1. The molecule has 2 unspecified atom stereocenters. The van der Waals surface area contributed by atoms with Crippen LogP contribution in [0, 0.1) is 24.7 Å². The summed E-state index contributed by atoms with van der Waals surface area (Å²) in [7, 11) is -4.01. The molecule has 226 valence electrons. The number of nitrogens with one attached hydrogen (secondary N) is 1. The Morgan fingerprint density at radius 3 is 2.38 bits per heavy atom. The summed E-state index contributed by atoms with van der Waals surface area (Å²) in [5.74, 6) is -0.121. The molecule has 3 fully saturated rings. The van der Waals surface area contributed by atoms with Gasteiger partial charge >= 0.3 is 5.97 Å². The van der Waals surface area contributed by atoms with Crippen molar-refractivity contribution >= 4 is 54.5 Å². The third-order valence-corrected chi connectivity index (χ3v) is 11.3. The molecule has 3 aliphatic carbocycles. The minimum atomic E-state index is -4.01. The number of benzene rings is 3. The number of nitrogens with zero attached hydrogens (tertiary/aromatic N) is 5. The van der Waals surface area contributed by atoms with E-state index >= 15 is 0 Å². The average Bonchev–Trinajstić information content (AvgIpc) is 3.45. The van der Waals surface area contributed by atoms with Crippen LogP contribution in [0.25, 0.3) is 44.1 Å². The lowest BCUT2D eigenvalue weighted by molar-refractivity contribution is -0.148. The summed E-state index contributed by atoms with van der Waals surface area (Å²) in [5.41, 5.74) is 2.28. The average molecular weight is 619 g/mol. The van der Waals surface area contributed by atoms with Gasteiger partial charge in [0.15, 0.2) is 11.5 Å². The zero-order chi connectivity index (χ0) is 30.9. The normalized spacial score (nSPS) is 21.4. The van der Waals surface area contributed by atoms with Crippen LogP contribution >= 0.6 is 0 Å². The summed E-state index contributed by atoms with van der Waals surface area (Å²) >= 11 is 0. The first-order valence-corrected chi connectivity index (χ1v) is 16.6. The van der Waals surface area contributed by atoms with Crippen molar-refractivity contribution in [2.75, 3.05) is 5.32 Å². The van der Waals surface area contributed by atoms with Crippen molar-refractivity contribution in [2.45, 2.75) is 43.5 Å². The highest BCUT2D eigenvalue weighted by Gasteiger charge is 2.47. The van der Waals surface area contributed by atoms with Gasteiger partial charge in [0.25, 0.3) is 10.0 Å². The number of carboxylic acids is 1. The van der Waals surface area contributed by atoms with Crippen molar-refractivity contribution in [1.82, 2.24) is 23.9 Å². The van der Waals surface area contributed by atoms with Gasteiger partial charge in [-0.3, -0.25) is 4.79 Å². The lowest BCUT2D eigenvalue weighted by Gasteiger charge is -2.47. The minimum absolute atomic E-state index is 0.125. The van der Waals surface area contributed by atoms with E-state index in [1.165, 1.54) is 12.5 Å². The molecule has 2 bridgehead atoms. The van der Waals surface area contributed by atoms with Crippen LogP contribution < -0.4 is 5.32 Å². The zero-order valence-electron chi connectivity index (χ0n) is 24.5. The van der Waals surface area contributed by atoms with Crippen LogP contribution in [0.15, 0.2) is 84.3 Å². The quantitative estimate of drug-likeness (QED) is 0.214. The molecule has 9 rings (SSSR count). The molecule has 0 saturated heterocycles. The lowest BCUT2D eigenvalue weighted by Crippen LogP contribution is -2.51. The van der Waals surface area contributed by atoms with E-state index in [1.54, 1.807) is 30.5 Å². The molecule has 3 aliphatic rings. The molecule has 3 aromatic carbocycles. The largest absolute Gasteiger partial charge is 0.481 e. The van der Waals surface area contributed by atoms with Crippen LogP contribution in [0.1, 0.15) is 31.2 Å². The third kappa shape index (κ3) is 4.52. The first kappa shape index (κ1) is 27.6. The number of aryl methyl sites for hydroxylation is 1. The molecule has 11 heteroatoms. The Bertz CT molecular complexity index is 2240. The minimum Gasteiger partial charge on any atom is -0.481 e. The van der Waals surface area contributed by atoms with Crippen molar-refractivity contribution in [2.24, 2.45) is 17.8 Å². The third-order valence-electron chi connectivity index (χ3n) is 9.63. The predicted molar refractivity (Wildman–Crippen MR) is 171 cm³/mol. The summed E-state index contributed by atoms with van der Waals surface area (Å²) in [4.78, 5) is 31.1. The Morgan fingerprint density at radius 1 is 0.933 bits per heavy atom. The van der Waals surface area contributed by atoms with Gasteiger partial charge in [0.05, 0.1) is 16.3 Å². The molecule has 45 heavy (non-hydrogen) atoms. The van der Waals surface area contributed by atoms with Crippen molar-refractivity contribution in [3.8, 4) is 11.4 Å². The smallest absolute Gasteiger partial charge is 0.308 e. The molecule has 2 N–H and O–H groups in total. The molecule has 0 radical (unpaired) electrons. The number of hydrogen-bond acceptors (Lipinski definition) is 8. The Balaban J connectivity index is 1.33. The molecule has 3 heterocycles. The number of aromatic nitrogens is 5. The SMILES string of the molecule is Cc1ccc(S(=O)(=O)n2cc(-c3nc(NC4C5CCC(CC5)C4C(=O)O)c4cc5ccccc5cc4n3)c3cncnc32)cc1. The van der Waals surface area contributed by atoms with E-state index in [1.807, 2.05) is 43.3 Å². The van der Waals surface area contributed by atoms with Crippen molar-refractivity contribution < 1.29 is 18.3 Å².